The van der Waals surface area contributed by atoms with Gasteiger partial charge in [-0.2, -0.15) is 0 Å². The van der Waals surface area contributed by atoms with Crippen molar-refractivity contribution >= 4 is 33.2 Å². The zero-order valence-corrected chi connectivity index (χ0v) is 20.2. The Kier molecular flexibility index (Phi) is 7.90. The molecule has 1 unspecified atom stereocenters. The van der Waals surface area contributed by atoms with Crippen molar-refractivity contribution in [3.8, 4) is 0 Å². The minimum absolute atomic E-state index is 0.0355. The lowest BCUT2D eigenvalue weighted by molar-refractivity contribution is -0.122. The first-order chi connectivity index (χ1) is 15.9. The SMILES string of the molecule is O=C(CN1CCC(NS(=O)(=O)c2ccc(Cl)cc2)CC1)NCC1CCN(c2ccccc2)C1. The molecular weight excluding hydrogens is 460 g/mol. The molecule has 0 radical (unpaired) electrons. The number of carbonyl (C=O) groups is 1. The molecule has 0 aromatic heterocycles. The van der Waals surface area contributed by atoms with E-state index in [1.165, 1.54) is 17.8 Å². The molecule has 2 fully saturated rings. The molecule has 9 heteroatoms. The summed E-state index contributed by atoms with van der Waals surface area (Å²) in [6, 6.07) is 16.4. The summed E-state index contributed by atoms with van der Waals surface area (Å²) in [6.45, 7) is 4.40. The van der Waals surface area contributed by atoms with Crippen LogP contribution in [0.1, 0.15) is 19.3 Å². The second-order valence-corrected chi connectivity index (χ2v) is 11.0. The van der Waals surface area contributed by atoms with Gasteiger partial charge in [-0.15, -0.1) is 0 Å². The Morgan fingerprint density at radius 1 is 0.970 bits per heavy atom. The first-order valence-electron chi connectivity index (χ1n) is 11.5. The smallest absolute Gasteiger partial charge is 0.240 e. The largest absolute Gasteiger partial charge is 0.371 e. The summed E-state index contributed by atoms with van der Waals surface area (Å²) in [5.74, 6) is 0.496. The quantitative estimate of drug-likeness (QED) is 0.594. The third-order valence-electron chi connectivity index (χ3n) is 6.40. The Bertz CT molecular complexity index is 1030. The van der Waals surface area contributed by atoms with Crippen molar-refractivity contribution in [3.05, 3.63) is 59.6 Å². The van der Waals surface area contributed by atoms with Gasteiger partial charge in [0.2, 0.25) is 15.9 Å². The average molecular weight is 491 g/mol. The molecule has 2 N–H and O–H groups in total. The van der Waals surface area contributed by atoms with E-state index in [0.29, 0.717) is 50.0 Å². The lowest BCUT2D eigenvalue weighted by atomic mass is 10.1. The van der Waals surface area contributed by atoms with Gasteiger partial charge in [0.15, 0.2) is 0 Å². The minimum Gasteiger partial charge on any atom is -0.371 e. The Morgan fingerprint density at radius 2 is 1.67 bits per heavy atom. The number of amides is 1. The first kappa shape index (κ1) is 24.0. The maximum Gasteiger partial charge on any atom is 0.240 e. The van der Waals surface area contributed by atoms with Crippen LogP contribution in [-0.4, -0.2) is 64.5 Å². The van der Waals surface area contributed by atoms with Gasteiger partial charge in [-0.05, 0) is 61.6 Å². The van der Waals surface area contributed by atoms with E-state index < -0.39 is 10.0 Å². The average Bonchev–Trinajstić information content (AvgIpc) is 3.29. The normalized spacial score (nSPS) is 20.2. The fourth-order valence-corrected chi connectivity index (χ4v) is 5.93. The maximum absolute atomic E-state index is 12.6. The van der Waals surface area contributed by atoms with Gasteiger partial charge in [-0.1, -0.05) is 29.8 Å². The summed E-state index contributed by atoms with van der Waals surface area (Å²) in [5, 5.41) is 3.59. The van der Waals surface area contributed by atoms with Crippen molar-refractivity contribution in [1.82, 2.24) is 14.9 Å². The van der Waals surface area contributed by atoms with E-state index in [4.69, 9.17) is 11.6 Å². The van der Waals surface area contributed by atoms with Gasteiger partial charge < -0.3 is 10.2 Å². The fraction of sp³-hybridized carbons (Fsp3) is 0.458. The zero-order chi connectivity index (χ0) is 23.3. The van der Waals surface area contributed by atoms with E-state index in [2.05, 4.69) is 44.1 Å². The van der Waals surface area contributed by atoms with E-state index in [1.807, 2.05) is 6.07 Å². The molecule has 2 heterocycles. The Hall–Kier alpha value is -2.13. The standard InChI is InChI=1S/C24H31ClN4O3S/c25-20-6-8-23(9-7-20)33(31,32)27-21-11-13-28(14-12-21)18-24(30)26-16-19-10-15-29(17-19)22-4-2-1-3-5-22/h1-9,19,21,27H,10-18H2,(H,26,30). The van der Waals surface area contributed by atoms with Gasteiger partial charge in [-0.25, -0.2) is 13.1 Å². The van der Waals surface area contributed by atoms with Gasteiger partial charge in [0.1, 0.15) is 0 Å². The van der Waals surface area contributed by atoms with E-state index in [9.17, 15) is 13.2 Å². The molecule has 2 saturated heterocycles. The molecule has 0 saturated carbocycles. The van der Waals surface area contributed by atoms with E-state index in [-0.39, 0.29) is 16.8 Å². The van der Waals surface area contributed by atoms with Gasteiger partial charge in [0, 0.05) is 49.5 Å². The highest BCUT2D eigenvalue weighted by molar-refractivity contribution is 7.89. The zero-order valence-electron chi connectivity index (χ0n) is 18.6. The van der Waals surface area contributed by atoms with Crippen LogP contribution in [0.25, 0.3) is 0 Å². The lowest BCUT2D eigenvalue weighted by Crippen LogP contribution is -2.47. The molecule has 33 heavy (non-hydrogen) atoms. The summed E-state index contributed by atoms with van der Waals surface area (Å²) in [7, 11) is -3.57. The Labute approximate surface area is 201 Å². The molecule has 2 aliphatic rings. The van der Waals surface area contributed by atoms with Crippen LogP contribution < -0.4 is 14.9 Å². The summed E-state index contributed by atoms with van der Waals surface area (Å²) >= 11 is 5.85. The third kappa shape index (κ3) is 6.69. The molecule has 0 bridgehead atoms. The predicted molar refractivity (Wildman–Crippen MR) is 131 cm³/mol. The van der Waals surface area contributed by atoms with Crippen molar-refractivity contribution in [3.63, 3.8) is 0 Å². The number of likely N-dealkylation sites (tertiary alicyclic amines) is 1. The highest BCUT2D eigenvalue weighted by atomic mass is 35.5. The third-order valence-corrected chi connectivity index (χ3v) is 8.18. The van der Waals surface area contributed by atoms with Crippen molar-refractivity contribution in [2.75, 3.05) is 44.2 Å². The number of anilines is 1. The molecule has 2 aromatic rings. The Balaban J connectivity index is 1.16. The van der Waals surface area contributed by atoms with Crippen LogP contribution in [0.2, 0.25) is 5.02 Å². The number of rotatable bonds is 8. The van der Waals surface area contributed by atoms with E-state index in [1.54, 1.807) is 12.1 Å². The predicted octanol–water partition coefficient (Wildman–Crippen LogP) is 2.73. The fourth-order valence-electron chi connectivity index (χ4n) is 4.50. The summed E-state index contributed by atoms with van der Waals surface area (Å²) in [4.78, 5) is 17.1. The number of piperidine rings is 1. The number of sulfonamides is 1. The Morgan fingerprint density at radius 3 is 2.36 bits per heavy atom. The summed E-state index contributed by atoms with van der Waals surface area (Å²) in [6.07, 6.45) is 2.43. The molecule has 178 valence electrons. The topological polar surface area (TPSA) is 81.8 Å². The molecule has 4 rings (SSSR count). The van der Waals surface area contributed by atoms with Gasteiger partial charge in [0.05, 0.1) is 11.4 Å². The van der Waals surface area contributed by atoms with Crippen LogP contribution in [0, 0.1) is 5.92 Å². The molecular formula is C24H31ClN4O3S. The number of nitrogens with one attached hydrogen (secondary N) is 2. The number of carbonyl (C=O) groups excluding carboxylic acids is 1. The molecule has 0 spiro atoms. The van der Waals surface area contributed by atoms with Crippen molar-refractivity contribution in [2.45, 2.75) is 30.2 Å². The van der Waals surface area contributed by atoms with Crippen molar-refractivity contribution < 1.29 is 13.2 Å². The van der Waals surface area contributed by atoms with Gasteiger partial charge in [0.25, 0.3) is 0 Å². The van der Waals surface area contributed by atoms with Crippen LogP contribution in [0.4, 0.5) is 5.69 Å². The lowest BCUT2D eigenvalue weighted by Gasteiger charge is -2.31. The number of halogens is 1. The van der Waals surface area contributed by atoms with E-state index >= 15 is 0 Å². The number of hydrogen-bond donors (Lipinski definition) is 2. The van der Waals surface area contributed by atoms with Crippen molar-refractivity contribution in [2.24, 2.45) is 5.92 Å². The summed E-state index contributed by atoms with van der Waals surface area (Å²) < 4.78 is 27.9. The van der Waals surface area contributed by atoms with Gasteiger partial charge in [-0.3, -0.25) is 9.69 Å². The molecule has 1 atom stereocenters. The van der Waals surface area contributed by atoms with Crippen molar-refractivity contribution in [1.29, 1.82) is 0 Å². The maximum atomic E-state index is 12.6. The molecule has 1 amide bonds. The van der Waals surface area contributed by atoms with Gasteiger partial charge >= 0.3 is 0 Å². The highest BCUT2D eigenvalue weighted by Gasteiger charge is 2.26. The first-order valence-corrected chi connectivity index (χ1v) is 13.3. The highest BCUT2D eigenvalue weighted by Crippen LogP contribution is 2.23. The van der Waals surface area contributed by atoms with Crippen LogP contribution in [0.15, 0.2) is 59.5 Å². The van der Waals surface area contributed by atoms with Crippen LogP contribution >= 0.6 is 11.6 Å². The second-order valence-electron chi connectivity index (χ2n) is 8.87. The van der Waals surface area contributed by atoms with Crippen LogP contribution in [-0.2, 0) is 14.8 Å². The molecule has 2 aromatic carbocycles. The van der Waals surface area contributed by atoms with Crippen LogP contribution in [0.3, 0.4) is 0 Å². The molecule has 2 aliphatic heterocycles. The monoisotopic (exact) mass is 490 g/mol. The number of para-hydroxylation sites is 1. The minimum atomic E-state index is -3.57. The number of nitrogens with zero attached hydrogens (tertiary/aromatic N) is 2. The molecule has 7 nitrogen and oxygen atoms in total. The summed E-state index contributed by atoms with van der Waals surface area (Å²) in [5.41, 5.74) is 1.24. The number of benzene rings is 2. The second kappa shape index (κ2) is 10.9. The molecule has 0 aliphatic carbocycles. The van der Waals surface area contributed by atoms with E-state index in [0.717, 1.165) is 19.5 Å². The number of hydrogen-bond acceptors (Lipinski definition) is 5. The van der Waals surface area contributed by atoms with Crippen LogP contribution in [0.5, 0.6) is 0 Å².